The van der Waals surface area contributed by atoms with E-state index in [9.17, 15) is 44.3 Å². The fourth-order valence-corrected chi connectivity index (χ4v) is 7.17. The average molecular weight is 721 g/mol. The molecule has 1 aliphatic heterocycles. The van der Waals surface area contributed by atoms with Crippen molar-refractivity contribution in [2.24, 2.45) is 18.9 Å². The molecule has 2 heterocycles. The number of carbonyl (C=O) groups is 1. The van der Waals surface area contributed by atoms with Crippen LogP contribution >= 0.6 is 0 Å². The maximum absolute atomic E-state index is 14.2. The van der Waals surface area contributed by atoms with Crippen LogP contribution < -0.4 is 14.5 Å². The molecule has 2 aromatic carbocycles. The van der Waals surface area contributed by atoms with E-state index < -0.39 is 59.8 Å². The van der Waals surface area contributed by atoms with Crippen LogP contribution in [0.2, 0.25) is 0 Å². The standard InChI is InChI=1S/C33H37F9N6O2/c1-4-6-19-7-9-21(10-8-19)29(49)48-24(5-2)16-28(26-17-25(11-12-27(26)48)50-33(40,41)42)47(30-43-45-46(3)44-30)18-20-13-22(31(34,35)36)15-23(14-20)32(37,38)39/h11-15,17,19,21,24,28H,4-10,16,18H2,1-3H3/t19?,21?,24-,28+/m1/s1. The summed E-state index contributed by atoms with van der Waals surface area (Å²) in [7, 11) is 1.40. The van der Waals surface area contributed by atoms with Gasteiger partial charge >= 0.3 is 18.7 Å². The van der Waals surface area contributed by atoms with E-state index in [-0.39, 0.29) is 41.5 Å². The lowest BCUT2D eigenvalue weighted by Gasteiger charge is -2.45. The molecule has 274 valence electrons. The summed E-state index contributed by atoms with van der Waals surface area (Å²) in [6.45, 7) is 3.31. The van der Waals surface area contributed by atoms with E-state index in [1.165, 1.54) is 18.0 Å². The van der Waals surface area contributed by atoms with Gasteiger partial charge in [0.2, 0.25) is 5.91 Å². The second-order valence-electron chi connectivity index (χ2n) is 12.9. The van der Waals surface area contributed by atoms with Gasteiger partial charge in [-0.2, -0.15) is 31.1 Å². The van der Waals surface area contributed by atoms with Crippen LogP contribution in [0.5, 0.6) is 5.75 Å². The topological polar surface area (TPSA) is 76.4 Å². The zero-order valence-corrected chi connectivity index (χ0v) is 27.5. The number of rotatable bonds is 9. The maximum atomic E-state index is 14.2. The summed E-state index contributed by atoms with van der Waals surface area (Å²) >= 11 is 0. The van der Waals surface area contributed by atoms with E-state index in [1.54, 1.807) is 4.90 Å². The van der Waals surface area contributed by atoms with Gasteiger partial charge in [-0.05, 0) is 91.6 Å². The van der Waals surface area contributed by atoms with Gasteiger partial charge in [0.1, 0.15) is 5.75 Å². The summed E-state index contributed by atoms with van der Waals surface area (Å²) in [5, 5.41) is 11.9. The number of aryl methyl sites for hydroxylation is 1. The smallest absolute Gasteiger partial charge is 0.406 e. The molecule has 0 radical (unpaired) electrons. The van der Waals surface area contributed by atoms with E-state index in [0.29, 0.717) is 37.3 Å². The van der Waals surface area contributed by atoms with Crippen LogP contribution in [0.1, 0.15) is 93.5 Å². The second-order valence-corrected chi connectivity index (χ2v) is 12.9. The quantitative estimate of drug-likeness (QED) is 0.206. The van der Waals surface area contributed by atoms with Crippen molar-refractivity contribution in [3.8, 4) is 5.75 Å². The molecular formula is C33H37F9N6O2. The molecule has 3 aromatic rings. The van der Waals surface area contributed by atoms with Crippen molar-refractivity contribution in [2.45, 2.75) is 103 Å². The number of alkyl halides is 9. The van der Waals surface area contributed by atoms with Crippen LogP contribution in [-0.4, -0.2) is 38.5 Å². The molecule has 5 rings (SSSR count). The number of tetrazole rings is 1. The molecule has 1 amide bonds. The summed E-state index contributed by atoms with van der Waals surface area (Å²) in [5.74, 6) is -0.813. The maximum Gasteiger partial charge on any atom is 0.573 e. The van der Waals surface area contributed by atoms with Gasteiger partial charge in [-0.15, -0.1) is 18.3 Å². The number of amides is 1. The first-order valence-corrected chi connectivity index (χ1v) is 16.4. The van der Waals surface area contributed by atoms with Gasteiger partial charge in [0, 0.05) is 29.8 Å². The molecule has 1 aliphatic carbocycles. The summed E-state index contributed by atoms with van der Waals surface area (Å²) in [5.41, 5.74) is -3.07. The Bertz CT molecular complexity index is 1620. The molecule has 1 saturated carbocycles. The lowest BCUT2D eigenvalue weighted by Crippen LogP contribution is -2.50. The Balaban J connectivity index is 1.62. The van der Waals surface area contributed by atoms with Crippen molar-refractivity contribution >= 4 is 17.5 Å². The Kier molecular flexibility index (Phi) is 10.6. The monoisotopic (exact) mass is 720 g/mol. The molecule has 50 heavy (non-hydrogen) atoms. The minimum absolute atomic E-state index is 0.0113. The summed E-state index contributed by atoms with van der Waals surface area (Å²) in [6.07, 6.45) is -9.76. The lowest BCUT2D eigenvalue weighted by molar-refractivity contribution is -0.274. The number of hydrogen-bond acceptors (Lipinski definition) is 6. The van der Waals surface area contributed by atoms with Crippen molar-refractivity contribution in [3.63, 3.8) is 0 Å². The Labute approximate surface area is 282 Å². The molecule has 0 saturated heterocycles. The summed E-state index contributed by atoms with van der Waals surface area (Å²) < 4.78 is 127. The fraction of sp³-hybridized carbons (Fsp3) is 0.576. The number of carbonyl (C=O) groups excluding carboxylic acids is 1. The highest BCUT2D eigenvalue weighted by Gasteiger charge is 2.43. The van der Waals surface area contributed by atoms with Crippen LogP contribution in [0, 0.1) is 11.8 Å². The average Bonchev–Trinajstić information content (AvgIpc) is 3.47. The predicted molar refractivity (Wildman–Crippen MR) is 164 cm³/mol. The zero-order chi connectivity index (χ0) is 36.6. The SMILES string of the molecule is CCCC1CCC(C(=O)N2c3ccc(OC(F)(F)F)cc3[C@@H](N(Cc3cc(C(F)(F)F)cc(C(F)(F)F)c3)c3nnn(C)n3)C[C@H]2CC)CC1. The molecule has 8 nitrogen and oxygen atoms in total. The number of ether oxygens (including phenoxy) is 1. The molecule has 1 aromatic heterocycles. The van der Waals surface area contributed by atoms with Gasteiger partial charge in [-0.25, -0.2) is 0 Å². The first kappa shape index (κ1) is 37.2. The fourth-order valence-electron chi connectivity index (χ4n) is 7.17. The number of nitrogens with zero attached hydrogens (tertiary/aromatic N) is 6. The number of halogens is 9. The normalized spacial score (nSPS) is 21.6. The van der Waals surface area contributed by atoms with E-state index in [2.05, 4.69) is 27.1 Å². The van der Waals surface area contributed by atoms with Crippen molar-refractivity contribution < 1.29 is 49.0 Å². The van der Waals surface area contributed by atoms with Crippen LogP contribution in [0.4, 0.5) is 51.1 Å². The summed E-state index contributed by atoms with van der Waals surface area (Å²) in [4.78, 5) is 18.1. The molecule has 2 aliphatic rings. The molecule has 17 heteroatoms. The minimum Gasteiger partial charge on any atom is -0.406 e. The highest BCUT2D eigenvalue weighted by atomic mass is 19.4. The minimum atomic E-state index is -5.11. The summed E-state index contributed by atoms with van der Waals surface area (Å²) in [6, 6.07) is 3.11. The van der Waals surface area contributed by atoms with Gasteiger partial charge in [0.05, 0.1) is 24.2 Å². The first-order chi connectivity index (χ1) is 23.4. The van der Waals surface area contributed by atoms with E-state index in [4.69, 9.17) is 0 Å². The Hall–Kier alpha value is -4.05. The van der Waals surface area contributed by atoms with E-state index in [0.717, 1.165) is 42.6 Å². The van der Waals surface area contributed by atoms with Gasteiger partial charge < -0.3 is 14.5 Å². The van der Waals surface area contributed by atoms with Crippen LogP contribution in [-0.2, 0) is 30.7 Å². The Morgan fingerprint density at radius 1 is 0.920 bits per heavy atom. The molecule has 0 N–H and O–H groups in total. The number of benzene rings is 2. The highest BCUT2D eigenvalue weighted by Crippen LogP contribution is 2.47. The third-order valence-corrected chi connectivity index (χ3v) is 9.44. The lowest BCUT2D eigenvalue weighted by atomic mass is 9.78. The van der Waals surface area contributed by atoms with Gasteiger partial charge in [0.15, 0.2) is 0 Å². The number of hydrogen-bond donors (Lipinski definition) is 0. The molecule has 0 spiro atoms. The predicted octanol–water partition coefficient (Wildman–Crippen LogP) is 9.02. The molecule has 2 atom stereocenters. The van der Waals surface area contributed by atoms with Crippen LogP contribution in [0.25, 0.3) is 0 Å². The van der Waals surface area contributed by atoms with Crippen molar-refractivity contribution in [1.29, 1.82) is 0 Å². The van der Waals surface area contributed by atoms with Crippen molar-refractivity contribution in [3.05, 3.63) is 58.7 Å². The van der Waals surface area contributed by atoms with Crippen LogP contribution in [0.15, 0.2) is 36.4 Å². The van der Waals surface area contributed by atoms with Gasteiger partial charge in [-0.3, -0.25) is 4.79 Å². The number of aromatic nitrogens is 4. The molecule has 1 fully saturated rings. The molecule has 0 bridgehead atoms. The van der Waals surface area contributed by atoms with Crippen LogP contribution in [0.3, 0.4) is 0 Å². The third-order valence-electron chi connectivity index (χ3n) is 9.44. The molecular weight excluding hydrogens is 683 g/mol. The Morgan fingerprint density at radius 3 is 2.08 bits per heavy atom. The number of anilines is 2. The second kappa shape index (κ2) is 14.3. The Morgan fingerprint density at radius 2 is 1.56 bits per heavy atom. The zero-order valence-electron chi connectivity index (χ0n) is 27.5. The van der Waals surface area contributed by atoms with Crippen molar-refractivity contribution in [1.82, 2.24) is 20.2 Å². The largest absolute Gasteiger partial charge is 0.573 e. The first-order valence-electron chi connectivity index (χ1n) is 16.4. The van der Waals surface area contributed by atoms with E-state index >= 15 is 0 Å². The molecule has 0 unspecified atom stereocenters. The van der Waals surface area contributed by atoms with Gasteiger partial charge in [0.25, 0.3) is 5.95 Å². The van der Waals surface area contributed by atoms with E-state index in [1.807, 2.05) is 6.92 Å². The van der Waals surface area contributed by atoms with Crippen molar-refractivity contribution in [2.75, 3.05) is 9.80 Å². The highest BCUT2D eigenvalue weighted by molar-refractivity contribution is 5.97. The number of fused-ring (bicyclic) bond motifs is 1. The van der Waals surface area contributed by atoms with Gasteiger partial charge in [-0.1, -0.05) is 31.8 Å². The third kappa shape index (κ3) is 8.45.